The van der Waals surface area contributed by atoms with Crippen molar-refractivity contribution in [2.45, 2.75) is 6.92 Å². The molecule has 0 saturated heterocycles. The number of ketones is 1. The molecule has 0 unspecified atom stereocenters. The second-order valence-corrected chi connectivity index (χ2v) is 4.19. The van der Waals surface area contributed by atoms with Crippen molar-refractivity contribution in [3.63, 3.8) is 0 Å². The molecule has 5 heteroatoms. The van der Waals surface area contributed by atoms with Gasteiger partial charge in [0.15, 0.2) is 11.6 Å². The van der Waals surface area contributed by atoms with Crippen LogP contribution in [-0.2, 0) is 0 Å². The van der Waals surface area contributed by atoms with Crippen molar-refractivity contribution in [3.05, 3.63) is 63.9 Å². The Morgan fingerprint density at radius 2 is 1.89 bits per heavy atom. The first kappa shape index (κ1) is 12.6. The number of aryl methyl sites for hydroxylation is 1. The quantitative estimate of drug-likeness (QED) is 0.779. The van der Waals surface area contributed by atoms with Crippen molar-refractivity contribution in [1.29, 1.82) is 0 Å². The molecular weight excluding hydrogens is 260 g/mol. The molecule has 18 heavy (non-hydrogen) atoms. The number of carbonyl (C=O) groups is 1. The molecule has 0 aliphatic carbocycles. The zero-order valence-corrected chi connectivity index (χ0v) is 10.1. The van der Waals surface area contributed by atoms with Gasteiger partial charge >= 0.3 is 0 Å². The van der Waals surface area contributed by atoms with Gasteiger partial charge in [0, 0.05) is 6.20 Å². The van der Waals surface area contributed by atoms with Crippen molar-refractivity contribution in [2.75, 3.05) is 0 Å². The van der Waals surface area contributed by atoms with Crippen LogP contribution in [0.1, 0.15) is 21.6 Å². The third kappa shape index (κ3) is 2.24. The van der Waals surface area contributed by atoms with E-state index in [4.69, 9.17) is 11.6 Å². The van der Waals surface area contributed by atoms with Crippen molar-refractivity contribution in [1.82, 2.24) is 4.98 Å². The molecule has 0 fully saturated rings. The van der Waals surface area contributed by atoms with E-state index in [1.807, 2.05) is 0 Å². The van der Waals surface area contributed by atoms with Crippen LogP contribution < -0.4 is 0 Å². The van der Waals surface area contributed by atoms with Crippen molar-refractivity contribution >= 4 is 17.4 Å². The molecule has 0 aliphatic heterocycles. The van der Waals surface area contributed by atoms with E-state index in [9.17, 15) is 13.6 Å². The molecule has 0 saturated carbocycles. The summed E-state index contributed by atoms with van der Waals surface area (Å²) in [5, 5.41) is 0.363. The fourth-order valence-electron chi connectivity index (χ4n) is 1.47. The van der Waals surface area contributed by atoms with Crippen LogP contribution >= 0.6 is 11.6 Å². The molecule has 1 aromatic carbocycles. The Balaban J connectivity index is 2.46. The van der Waals surface area contributed by atoms with E-state index in [-0.39, 0.29) is 16.8 Å². The molecule has 2 rings (SSSR count). The first-order valence-electron chi connectivity index (χ1n) is 5.11. The molecule has 0 amide bonds. The first-order chi connectivity index (χ1) is 8.50. The zero-order chi connectivity index (χ0) is 13.3. The van der Waals surface area contributed by atoms with Gasteiger partial charge in [0.05, 0.1) is 10.6 Å². The average Bonchev–Trinajstić information content (AvgIpc) is 2.36. The predicted octanol–water partition coefficient (Wildman–Crippen LogP) is 3.55. The molecule has 0 atom stereocenters. The second kappa shape index (κ2) is 4.82. The minimum absolute atomic E-state index is 0.0153. The standard InChI is InChI=1S/C13H8ClF2NO/c1-7-2-4-9(12(16)11(7)15)13(18)10-5-3-8(14)6-17-10/h2-6H,1H3. The zero-order valence-electron chi connectivity index (χ0n) is 9.38. The number of carbonyl (C=O) groups excluding carboxylic acids is 1. The second-order valence-electron chi connectivity index (χ2n) is 3.75. The van der Waals surface area contributed by atoms with Crippen molar-refractivity contribution in [2.24, 2.45) is 0 Å². The van der Waals surface area contributed by atoms with E-state index >= 15 is 0 Å². The highest BCUT2D eigenvalue weighted by Crippen LogP contribution is 2.18. The summed E-state index contributed by atoms with van der Waals surface area (Å²) in [6, 6.07) is 5.42. The maximum Gasteiger partial charge on any atom is 0.214 e. The van der Waals surface area contributed by atoms with Crippen LogP contribution in [0.4, 0.5) is 8.78 Å². The maximum absolute atomic E-state index is 13.6. The highest BCUT2D eigenvalue weighted by atomic mass is 35.5. The van der Waals surface area contributed by atoms with E-state index in [1.165, 1.54) is 37.4 Å². The lowest BCUT2D eigenvalue weighted by molar-refractivity contribution is 0.102. The summed E-state index contributed by atoms with van der Waals surface area (Å²) >= 11 is 5.63. The predicted molar refractivity (Wildman–Crippen MR) is 63.8 cm³/mol. The Labute approximate surface area is 107 Å². The first-order valence-corrected chi connectivity index (χ1v) is 5.49. The van der Waals surface area contributed by atoms with Gasteiger partial charge in [-0.3, -0.25) is 9.78 Å². The van der Waals surface area contributed by atoms with Crippen LogP contribution in [0.15, 0.2) is 30.5 Å². The summed E-state index contributed by atoms with van der Waals surface area (Å²) in [7, 11) is 0. The lowest BCUT2D eigenvalue weighted by atomic mass is 10.0. The summed E-state index contributed by atoms with van der Waals surface area (Å²) in [6.07, 6.45) is 1.28. The number of rotatable bonds is 2. The van der Waals surface area contributed by atoms with E-state index in [1.54, 1.807) is 0 Å². The summed E-state index contributed by atoms with van der Waals surface area (Å²) in [5.74, 6) is -2.85. The molecular formula is C13H8ClF2NO. The smallest absolute Gasteiger partial charge is 0.214 e. The normalized spacial score (nSPS) is 10.4. The SMILES string of the molecule is Cc1ccc(C(=O)c2ccc(Cl)cn2)c(F)c1F. The summed E-state index contributed by atoms with van der Waals surface area (Å²) in [6.45, 7) is 1.42. The fourth-order valence-corrected chi connectivity index (χ4v) is 1.58. The van der Waals surface area contributed by atoms with Crippen LogP contribution in [0.5, 0.6) is 0 Å². The van der Waals surface area contributed by atoms with Gasteiger partial charge in [-0.2, -0.15) is 0 Å². The number of benzene rings is 1. The third-order valence-electron chi connectivity index (χ3n) is 2.48. The highest BCUT2D eigenvalue weighted by Gasteiger charge is 2.19. The molecule has 2 nitrogen and oxygen atoms in total. The number of pyridine rings is 1. The van der Waals surface area contributed by atoms with Crippen LogP contribution in [0, 0.1) is 18.6 Å². The molecule has 0 bridgehead atoms. The number of hydrogen-bond acceptors (Lipinski definition) is 2. The highest BCUT2D eigenvalue weighted by molar-refractivity contribution is 6.30. The van der Waals surface area contributed by atoms with Gasteiger partial charge in [-0.1, -0.05) is 17.7 Å². The lowest BCUT2D eigenvalue weighted by Crippen LogP contribution is -2.08. The van der Waals surface area contributed by atoms with E-state index in [0.717, 1.165) is 0 Å². The Hall–Kier alpha value is -1.81. The third-order valence-corrected chi connectivity index (χ3v) is 2.70. The molecule has 0 radical (unpaired) electrons. The lowest BCUT2D eigenvalue weighted by Gasteiger charge is -2.04. The number of aromatic nitrogens is 1. The minimum atomic E-state index is -1.16. The van der Waals surface area contributed by atoms with Gasteiger partial charge in [0.25, 0.3) is 0 Å². The average molecular weight is 268 g/mol. The monoisotopic (exact) mass is 267 g/mol. The molecule has 2 aromatic rings. The Morgan fingerprint density at radius 1 is 1.17 bits per heavy atom. The maximum atomic E-state index is 13.6. The molecule has 0 spiro atoms. The van der Waals surface area contributed by atoms with E-state index in [0.29, 0.717) is 5.02 Å². The fraction of sp³-hybridized carbons (Fsp3) is 0.0769. The topological polar surface area (TPSA) is 30.0 Å². The van der Waals surface area contributed by atoms with Gasteiger partial charge in [-0.15, -0.1) is 0 Å². The minimum Gasteiger partial charge on any atom is -0.287 e. The number of halogens is 3. The van der Waals surface area contributed by atoms with Crippen molar-refractivity contribution in [3.8, 4) is 0 Å². The number of nitrogens with zero attached hydrogens (tertiary/aromatic N) is 1. The van der Waals surface area contributed by atoms with Crippen LogP contribution in [0.2, 0.25) is 5.02 Å². The van der Waals surface area contributed by atoms with E-state index in [2.05, 4.69) is 4.98 Å². The molecule has 1 aromatic heterocycles. The van der Waals surface area contributed by atoms with E-state index < -0.39 is 17.4 Å². The molecule has 1 heterocycles. The van der Waals surface area contributed by atoms with Gasteiger partial charge in [0.2, 0.25) is 5.78 Å². The van der Waals surface area contributed by atoms with Crippen molar-refractivity contribution < 1.29 is 13.6 Å². The summed E-state index contributed by atoms with van der Waals surface area (Å²) in [4.78, 5) is 15.7. The Morgan fingerprint density at radius 3 is 2.50 bits per heavy atom. The Kier molecular flexibility index (Phi) is 3.39. The number of hydrogen-bond donors (Lipinski definition) is 0. The van der Waals surface area contributed by atoms with Crippen LogP contribution in [-0.4, -0.2) is 10.8 Å². The molecule has 92 valence electrons. The summed E-state index contributed by atoms with van der Waals surface area (Å²) in [5.41, 5.74) is -0.178. The Bertz CT molecular complexity index is 611. The largest absolute Gasteiger partial charge is 0.287 e. The van der Waals surface area contributed by atoms with Gasteiger partial charge in [-0.05, 0) is 30.7 Å². The molecule has 0 N–H and O–H groups in total. The summed E-state index contributed by atoms with van der Waals surface area (Å²) < 4.78 is 27.0. The van der Waals surface area contributed by atoms with Gasteiger partial charge in [-0.25, -0.2) is 8.78 Å². The molecule has 0 aliphatic rings. The van der Waals surface area contributed by atoms with Gasteiger partial charge < -0.3 is 0 Å². The van der Waals surface area contributed by atoms with Gasteiger partial charge in [0.1, 0.15) is 5.69 Å². The van der Waals surface area contributed by atoms with Crippen LogP contribution in [0.25, 0.3) is 0 Å². The van der Waals surface area contributed by atoms with Crippen LogP contribution in [0.3, 0.4) is 0 Å².